The zero-order valence-electron chi connectivity index (χ0n) is 20.4. The number of nitriles is 1. The predicted octanol–water partition coefficient (Wildman–Crippen LogP) is 4.46. The van der Waals surface area contributed by atoms with E-state index < -0.39 is 5.60 Å². The lowest BCUT2D eigenvalue weighted by molar-refractivity contribution is -0.119. The number of aryl methyl sites for hydroxylation is 2. The Labute approximate surface area is 205 Å². The number of carbonyl (C=O) groups is 1. The molecule has 1 aromatic heterocycles. The first-order chi connectivity index (χ1) is 16.9. The molecular formula is C28H30N4O3. The van der Waals surface area contributed by atoms with Crippen LogP contribution in [0.25, 0.3) is 11.3 Å². The van der Waals surface area contributed by atoms with Gasteiger partial charge in [-0.25, -0.2) is 4.98 Å². The van der Waals surface area contributed by atoms with Crippen LogP contribution >= 0.6 is 0 Å². The Morgan fingerprint density at radius 1 is 1.23 bits per heavy atom. The Morgan fingerprint density at radius 3 is 2.66 bits per heavy atom. The van der Waals surface area contributed by atoms with Crippen molar-refractivity contribution in [3.05, 3.63) is 76.2 Å². The van der Waals surface area contributed by atoms with Crippen LogP contribution in [-0.4, -0.2) is 54.2 Å². The molecule has 180 valence electrons. The number of imidazole rings is 1. The fraction of sp³-hybridized carbons (Fsp3) is 0.393. The maximum Gasteiger partial charge on any atom is 0.253 e. The van der Waals surface area contributed by atoms with E-state index in [9.17, 15) is 4.79 Å². The quantitative estimate of drug-likeness (QED) is 0.595. The van der Waals surface area contributed by atoms with E-state index >= 15 is 0 Å². The van der Waals surface area contributed by atoms with Crippen LogP contribution < -0.4 is 0 Å². The minimum absolute atomic E-state index is 0.0302. The maximum atomic E-state index is 13.3. The zero-order valence-corrected chi connectivity index (χ0v) is 20.4. The average molecular weight is 471 g/mol. The van der Waals surface area contributed by atoms with E-state index in [1.807, 2.05) is 61.2 Å². The lowest BCUT2D eigenvalue weighted by atomic mass is 9.90. The third-order valence-electron chi connectivity index (χ3n) is 7.35. The van der Waals surface area contributed by atoms with E-state index in [0.29, 0.717) is 36.7 Å². The van der Waals surface area contributed by atoms with Gasteiger partial charge in [0.1, 0.15) is 11.4 Å². The van der Waals surface area contributed by atoms with Crippen LogP contribution in [0.3, 0.4) is 0 Å². The number of amides is 1. The van der Waals surface area contributed by atoms with E-state index in [2.05, 4.69) is 11.1 Å². The zero-order chi connectivity index (χ0) is 24.6. The van der Waals surface area contributed by atoms with Crippen LogP contribution in [-0.2, 0) is 15.1 Å². The summed E-state index contributed by atoms with van der Waals surface area (Å²) in [4.78, 5) is 23.4. The Morgan fingerprint density at radius 2 is 2.00 bits per heavy atom. The van der Waals surface area contributed by atoms with Crippen molar-refractivity contribution in [2.24, 2.45) is 0 Å². The van der Waals surface area contributed by atoms with Crippen molar-refractivity contribution in [3.8, 4) is 17.3 Å². The summed E-state index contributed by atoms with van der Waals surface area (Å²) in [6.07, 6.45) is 1.77. The smallest absolute Gasteiger partial charge is 0.253 e. The molecular weight excluding hydrogens is 440 g/mol. The van der Waals surface area contributed by atoms with Crippen molar-refractivity contribution >= 4 is 5.91 Å². The summed E-state index contributed by atoms with van der Waals surface area (Å²) in [5, 5.41) is 8.99. The molecule has 35 heavy (non-hydrogen) atoms. The fourth-order valence-electron chi connectivity index (χ4n) is 5.04. The van der Waals surface area contributed by atoms with Crippen molar-refractivity contribution in [1.29, 1.82) is 5.26 Å². The summed E-state index contributed by atoms with van der Waals surface area (Å²) in [6, 6.07) is 15.6. The molecule has 2 aromatic carbocycles. The second-order valence-electron chi connectivity index (χ2n) is 9.57. The van der Waals surface area contributed by atoms with Gasteiger partial charge in [-0.15, -0.1) is 0 Å². The number of nitrogens with one attached hydrogen (secondary N) is 1. The fourth-order valence-corrected chi connectivity index (χ4v) is 5.04. The van der Waals surface area contributed by atoms with Gasteiger partial charge in [0.25, 0.3) is 5.91 Å². The molecule has 7 heteroatoms. The summed E-state index contributed by atoms with van der Waals surface area (Å²) in [6.45, 7) is 6.60. The van der Waals surface area contributed by atoms with Crippen LogP contribution in [0.5, 0.6) is 0 Å². The topological polar surface area (TPSA) is 91.2 Å². The number of hydrogen-bond donors (Lipinski definition) is 1. The van der Waals surface area contributed by atoms with Crippen LogP contribution in [0.1, 0.15) is 57.3 Å². The highest BCUT2D eigenvalue weighted by Gasteiger charge is 2.38. The van der Waals surface area contributed by atoms with Crippen molar-refractivity contribution in [2.75, 3.05) is 33.4 Å². The summed E-state index contributed by atoms with van der Waals surface area (Å²) >= 11 is 0. The standard InChI is InChI=1S/C28H30N4O3/c1-18-5-8-22(26(33)32-15-23(16-32)21-9-6-20(14-29)7-10-21)13-24(18)25-19(2)30-27(31-25)28(34-3)11-4-12-35-17-28/h5-10,13,23H,4,11-12,15-17H2,1-3H3,(H,30,31). The number of ether oxygens (including phenoxy) is 2. The molecule has 0 radical (unpaired) electrons. The molecule has 1 N–H and O–H groups in total. The molecule has 5 rings (SSSR count). The number of methoxy groups -OCH3 is 1. The molecule has 2 fully saturated rings. The molecule has 0 bridgehead atoms. The molecule has 1 atom stereocenters. The van der Waals surface area contributed by atoms with Gasteiger partial charge in [-0.1, -0.05) is 18.2 Å². The SMILES string of the molecule is COC1(c2nc(C)c(-c3cc(C(=O)N4CC(c5ccc(C#N)cc5)C4)ccc3C)[nH]2)CCCOC1. The van der Waals surface area contributed by atoms with Gasteiger partial charge in [0, 0.05) is 43.9 Å². The Balaban J connectivity index is 1.35. The highest BCUT2D eigenvalue weighted by atomic mass is 16.5. The van der Waals surface area contributed by atoms with Gasteiger partial charge >= 0.3 is 0 Å². The summed E-state index contributed by atoms with van der Waals surface area (Å²) < 4.78 is 11.6. The van der Waals surface area contributed by atoms with Gasteiger partial charge in [-0.2, -0.15) is 5.26 Å². The molecule has 0 aliphatic carbocycles. The predicted molar refractivity (Wildman–Crippen MR) is 132 cm³/mol. The second kappa shape index (κ2) is 9.29. The molecule has 0 saturated carbocycles. The molecule has 1 unspecified atom stereocenters. The normalized spacial score (nSPS) is 20.3. The van der Waals surface area contributed by atoms with Crippen molar-refractivity contribution in [1.82, 2.24) is 14.9 Å². The molecule has 3 heterocycles. The lowest BCUT2D eigenvalue weighted by Gasteiger charge is -2.39. The first kappa shape index (κ1) is 23.3. The number of H-pyrrole nitrogens is 1. The van der Waals surface area contributed by atoms with Gasteiger partial charge in [-0.3, -0.25) is 4.79 Å². The van der Waals surface area contributed by atoms with Crippen LogP contribution in [0.2, 0.25) is 0 Å². The number of hydrogen-bond acceptors (Lipinski definition) is 5. The Bertz CT molecular complexity index is 1280. The minimum Gasteiger partial charge on any atom is -0.378 e. The number of carbonyl (C=O) groups excluding carboxylic acids is 1. The number of nitrogens with zero attached hydrogens (tertiary/aromatic N) is 3. The molecule has 3 aromatic rings. The van der Waals surface area contributed by atoms with Crippen LogP contribution in [0.15, 0.2) is 42.5 Å². The highest BCUT2D eigenvalue weighted by Crippen LogP contribution is 2.36. The van der Waals surface area contributed by atoms with Crippen molar-refractivity contribution in [3.63, 3.8) is 0 Å². The summed E-state index contributed by atoms with van der Waals surface area (Å²) in [5.74, 6) is 1.11. The van der Waals surface area contributed by atoms with E-state index in [0.717, 1.165) is 53.4 Å². The van der Waals surface area contributed by atoms with Crippen molar-refractivity contribution < 1.29 is 14.3 Å². The number of aromatic nitrogens is 2. The molecule has 2 aliphatic heterocycles. The van der Waals surface area contributed by atoms with E-state index in [4.69, 9.17) is 19.7 Å². The Kier molecular flexibility index (Phi) is 6.18. The number of rotatable bonds is 5. The van der Waals surface area contributed by atoms with Crippen LogP contribution in [0, 0.1) is 25.2 Å². The molecule has 7 nitrogen and oxygen atoms in total. The van der Waals surface area contributed by atoms with Gasteiger partial charge in [0.2, 0.25) is 0 Å². The van der Waals surface area contributed by atoms with E-state index in [-0.39, 0.29) is 5.91 Å². The first-order valence-corrected chi connectivity index (χ1v) is 12.0. The first-order valence-electron chi connectivity index (χ1n) is 12.0. The van der Waals surface area contributed by atoms with Gasteiger partial charge in [-0.05, 0) is 62.1 Å². The Hall–Kier alpha value is -3.47. The number of likely N-dealkylation sites (tertiary alicyclic amines) is 1. The van der Waals surface area contributed by atoms with Crippen LogP contribution in [0.4, 0.5) is 0 Å². The molecule has 1 amide bonds. The number of aromatic amines is 1. The van der Waals surface area contributed by atoms with Gasteiger partial charge in [0.05, 0.1) is 29.6 Å². The number of benzene rings is 2. The maximum absolute atomic E-state index is 13.3. The van der Waals surface area contributed by atoms with Gasteiger partial charge < -0.3 is 19.4 Å². The molecule has 2 saturated heterocycles. The highest BCUT2D eigenvalue weighted by molar-refractivity contribution is 5.96. The third kappa shape index (κ3) is 4.24. The van der Waals surface area contributed by atoms with Crippen molar-refractivity contribution in [2.45, 2.75) is 38.2 Å². The van der Waals surface area contributed by atoms with E-state index in [1.54, 1.807) is 7.11 Å². The monoisotopic (exact) mass is 470 g/mol. The lowest BCUT2D eigenvalue weighted by Crippen LogP contribution is -2.48. The minimum atomic E-state index is -0.569. The molecule has 0 spiro atoms. The van der Waals surface area contributed by atoms with Gasteiger partial charge in [0.15, 0.2) is 0 Å². The molecule has 2 aliphatic rings. The summed E-state index contributed by atoms with van der Waals surface area (Å²) in [7, 11) is 1.70. The second-order valence-corrected chi connectivity index (χ2v) is 9.57. The third-order valence-corrected chi connectivity index (χ3v) is 7.35. The van der Waals surface area contributed by atoms with E-state index in [1.165, 1.54) is 0 Å². The average Bonchev–Trinajstić information content (AvgIpc) is 3.26. The summed E-state index contributed by atoms with van der Waals surface area (Å²) in [5.41, 5.74) is 5.75. The largest absolute Gasteiger partial charge is 0.378 e.